The van der Waals surface area contributed by atoms with Crippen LogP contribution < -0.4 is 5.32 Å². The van der Waals surface area contributed by atoms with E-state index in [0.717, 1.165) is 4.90 Å². The maximum absolute atomic E-state index is 13.3. The van der Waals surface area contributed by atoms with Gasteiger partial charge in [0, 0.05) is 6.54 Å². The molecule has 0 saturated carbocycles. The fourth-order valence-corrected chi connectivity index (χ4v) is 3.29. The normalized spacial score (nSPS) is 12.5. The van der Waals surface area contributed by atoms with E-state index in [9.17, 15) is 14.0 Å². The zero-order valence-corrected chi connectivity index (χ0v) is 16.4. The van der Waals surface area contributed by atoms with E-state index < -0.39 is 18.2 Å². The lowest BCUT2D eigenvalue weighted by Crippen LogP contribution is -2.47. The second-order valence-electron chi connectivity index (χ2n) is 6.77. The molecular formula is C18H24FN3O3S. The van der Waals surface area contributed by atoms with Gasteiger partial charge >= 0.3 is 12.1 Å². The van der Waals surface area contributed by atoms with E-state index in [1.165, 1.54) is 23.5 Å². The van der Waals surface area contributed by atoms with E-state index in [1.807, 2.05) is 13.8 Å². The number of halogens is 1. The van der Waals surface area contributed by atoms with E-state index in [2.05, 4.69) is 10.3 Å². The molecule has 26 heavy (non-hydrogen) atoms. The molecule has 8 heteroatoms. The summed E-state index contributed by atoms with van der Waals surface area (Å²) in [5, 5.41) is 3.41. The molecule has 0 aliphatic rings. The molecule has 3 amide bonds. The Hall–Kier alpha value is -2.22. The third kappa shape index (κ3) is 5.14. The first kappa shape index (κ1) is 20.1. The minimum atomic E-state index is -0.676. The molecule has 142 valence electrons. The van der Waals surface area contributed by atoms with Crippen molar-refractivity contribution in [2.75, 3.05) is 6.54 Å². The standard InChI is InChI=1S/C18H24FN3O3S/c1-10(2)9-22(18(24)25-11(3)4)17(23)20-12(5)16-21-14-7-6-13(19)8-15(14)26-16/h6-8,10-12H,9H2,1-5H3,(H,20,23). The topological polar surface area (TPSA) is 71.5 Å². The highest BCUT2D eigenvalue weighted by Gasteiger charge is 2.26. The fourth-order valence-electron chi connectivity index (χ4n) is 2.30. The summed E-state index contributed by atoms with van der Waals surface area (Å²) in [6.07, 6.45) is -0.994. The molecule has 0 saturated heterocycles. The minimum Gasteiger partial charge on any atom is -0.446 e. The van der Waals surface area contributed by atoms with Gasteiger partial charge in [0.1, 0.15) is 10.8 Å². The second kappa shape index (κ2) is 8.44. The fraction of sp³-hybridized carbons (Fsp3) is 0.500. The molecule has 0 radical (unpaired) electrons. The summed E-state index contributed by atoms with van der Waals surface area (Å²) in [5.41, 5.74) is 0.672. The number of urea groups is 1. The number of nitrogens with one attached hydrogen (secondary N) is 1. The largest absolute Gasteiger partial charge is 0.446 e. The zero-order valence-electron chi connectivity index (χ0n) is 15.6. The Balaban J connectivity index is 2.13. The number of amides is 3. The molecule has 0 aliphatic carbocycles. The number of fused-ring (bicyclic) bond motifs is 1. The van der Waals surface area contributed by atoms with E-state index in [1.54, 1.807) is 26.8 Å². The molecular weight excluding hydrogens is 357 g/mol. The minimum absolute atomic E-state index is 0.0983. The van der Waals surface area contributed by atoms with Gasteiger partial charge in [-0.3, -0.25) is 0 Å². The van der Waals surface area contributed by atoms with Crippen LogP contribution in [0.25, 0.3) is 10.2 Å². The molecule has 0 bridgehead atoms. The quantitative estimate of drug-likeness (QED) is 0.814. The van der Waals surface area contributed by atoms with Crippen LogP contribution >= 0.6 is 11.3 Å². The highest BCUT2D eigenvalue weighted by molar-refractivity contribution is 7.18. The van der Waals surface area contributed by atoms with Crippen LogP contribution in [0.3, 0.4) is 0 Å². The number of aromatic nitrogens is 1. The average molecular weight is 381 g/mol. The van der Waals surface area contributed by atoms with Gasteiger partial charge in [0.05, 0.1) is 22.4 Å². The number of nitrogens with zero attached hydrogens (tertiary/aromatic N) is 2. The Labute approximate surface area is 156 Å². The van der Waals surface area contributed by atoms with Crippen LogP contribution in [0.2, 0.25) is 0 Å². The summed E-state index contributed by atoms with van der Waals surface area (Å²) in [5.74, 6) is -0.231. The summed E-state index contributed by atoms with van der Waals surface area (Å²) >= 11 is 1.31. The first-order valence-electron chi connectivity index (χ1n) is 8.52. The Morgan fingerprint density at radius 1 is 1.27 bits per heavy atom. The molecule has 6 nitrogen and oxygen atoms in total. The summed E-state index contributed by atoms with van der Waals surface area (Å²) < 4.78 is 19.2. The van der Waals surface area contributed by atoms with Crippen LogP contribution in [-0.4, -0.2) is 34.7 Å². The number of ether oxygens (including phenoxy) is 1. The third-order valence-corrected chi connectivity index (χ3v) is 4.63. The third-order valence-electron chi connectivity index (χ3n) is 3.43. The van der Waals surface area contributed by atoms with Gasteiger partial charge in [0.2, 0.25) is 0 Å². The van der Waals surface area contributed by atoms with Crippen molar-refractivity contribution in [3.05, 3.63) is 29.0 Å². The van der Waals surface area contributed by atoms with E-state index in [-0.39, 0.29) is 24.4 Å². The van der Waals surface area contributed by atoms with Gasteiger partial charge in [-0.05, 0) is 44.9 Å². The maximum atomic E-state index is 13.3. The summed E-state index contributed by atoms with van der Waals surface area (Å²) in [6.45, 7) is 9.30. The lowest BCUT2D eigenvalue weighted by molar-refractivity contribution is 0.0814. The van der Waals surface area contributed by atoms with Crippen LogP contribution in [0.4, 0.5) is 14.0 Å². The van der Waals surface area contributed by atoms with Gasteiger partial charge in [0.15, 0.2) is 0 Å². The van der Waals surface area contributed by atoms with Gasteiger partial charge in [-0.2, -0.15) is 0 Å². The molecule has 0 aliphatic heterocycles. The summed E-state index contributed by atoms with van der Waals surface area (Å²) in [4.78, 5) is 30.3. The van der Waals surface area contributed by atoms with Crippen LogP contribution in [-0.2, 0) is 4.74 Å². The lowest BCUT2D eigenvalue weighted by Gasteiger charge is -2.25. The molecule has 1 heterocycles. The predicted octanol–water partition coefficient (Wildman–Crippen LogP) is 4.71. The van der Waals surface area contributed by atoms with Gasteiger partial charge in [-0.15, -0.1) is 11.3 Å². The molecule has 1 aromatic carbocycles. The smallest absolute Gasteiger partial charge is 0.418 e. The Bertz CT molecular complexity index is 791. The highest BCUT2D eigenvalue weighted by atomic mass is 32.1. The summed E-state index contributed by atoms with van der Waals surface area (Å²) in [6, 6.07) is 3.40. The van der Waals surface area contributed by atoms with Gasteiger partial charge in [-0.25, -0.2) is 23.9 Å². The number of imide groups is 1. The van der Waals surface area contributed by atoms with Crippen molar-refractivity contribution in [1.82, 2.24) is 15.2 Å². The summed E-state index contributed by atoms with van der Waals surface area (Å²) in [7, 11) is 0. The Morgan fingerprint density at radius 2 is 1.96 bits per heavy atom. The molecule has 1 atom stereocenters. The zero-order chi connectivity index (χ0) is 19.4. The molecule has 1 N–H and O–H groups in total. The van der Waals surface area contributed by atoms with E-state index in [0.29, 0.717) is 15.2 Å². The predicted molar refractivity (Wildman–Crippen MR) is 99.7 cm³/mol. The molecule has 0 fully saturated rings. The maximum Gasteiger partial charge on any atom is 0.418 e. The average Bonchev–Trinajstić information content (AvgIpc) is 2.94. The van der Waals surface area contributed by atoms with Crippen molar-refractivity contribution in [2.45, 2.75) is 46.8 Å². The first-order valence-corrected chi connectivity index (χ1v) is 9.33. The number of hydrogen-bond donors (Lipinski definition) is 1. The van der Waals surface area contributed by atoms with Crippen molar-refractivity contribution in [3.63, 3.8) is 0 Å². The molecule has 1 unspecified atom stereocenters. The molecule has 1 aromatic heterocycles. The monoisotopic (exact) mass is 381 g/mol. The number of hydrogen-bond acceptors (Lipinski definition) is 5. The van der Waals surface area contributed by atoms with E-state index in [4.69, 9.17) is 4.74 Å². The van der Waals surface area contributed by atoms with Crippen molar-refractivity contribution in [2.24, 2.45) is 5.92 Å². The van der Waals surface area contributed by atoms with Crippen LogP contribution in [0.5, 0.6) is 0 Å². The number of carbonyl (C=O) groups is 2. The van der Waals surface area contributed by atoms with Gasteiger partial charge in [0.25, 0.3) is 0 Å². The molecule has 2 aromatic rings. The lowest BCUT2D eigenvalue weighted by atomic mass is 10.2. The number of thiazole rings is 1. The first-order chi connectivity index (χ1) is 12.2. The van der Waals surface area contributed by atoms with Gasteiger partial charge in [-0.1, -0.05) is 13.8 Å². The second-order valence-corrected chi connectivity index (χ2v) is 7.83. The number of carbonyl (C=O) groups excluding carboxylic acids is 2. The van der Waals surface area contributed by atoms with Crippen LogP contribution in [0, 0.1) is 11.7 Å². The van der Waals surface area contributed by atoms with Crippen molar-refractivity contribution in [1.29, 1.82) is 0 Å². The Morgan fingerprint density at radius 3 is 2.58 bits per heavy atom. The SMILES string of the molecule is CC(C)CN(C(=O)NC(C)c1nc2ccc(F)cc2s1)C(=O)OC(C)C. The Kier molecular flexibility index (Phi) is 6.52. The molecule has 2 rings (SSSR count). The van der Waals surface area contributed by atoms with Crippen LogP contribution in [0.1, 0.15) is 45.7 Å². The van der Waals surface area contributed by atoms with Crippen molar-refractivity contribution in [3.8, 4) is 0 Å². The highest BCUT2D eigenvalue weighted by Crippen LogP contribution is 2.27. The van der Waals surface area contributed by atoms with Crippen molar-refractivity contribution >= 4 is 33.7 Å². The van der Waals surface area contributed by atoms with Crippen molar-refractivity contribution < 1.29 is 18.7 Å². The van der Waals surface area contributed by atoms with Crippen LogP contribution in [0.15, 0.2) is 18.2 Å². The number of benzene rings is 1. The molecule has 0 spiro atoms. The number of rotatable bonds is 5. The van der Waals surface area contributed by atoms with Gasteiger partial charge < -0.3 is 10.1 Å². The van der Waals surface area contributed by atoms with E-state index >= 15 is 0 Å².